The van der Waals surface area contributed by atoms with Gasteiger partial charge in [-0.05, 0) is 43.2 Å². The van der Waals surface area contributed by atoms with Crippen LogP contribution in [0.15, 0.2) is 54.7 Å². The zero-order chi connectivity index (χ0) is 21.8. The molecule has 0 aliphatic heterocycles. The number of hydrogen-bond donors (Lipinski definition) is 0. The molecule has 0 bridgehead atoms. The lowest BCUT2D eigenvalue weighted by molar-refractivity contribution is -0.142. The number of aldehydes is 1. The molecule has 0 saturated carbocycles. The smallest absolute Gasteiger partial charge is 0.311 e. The van der Waals surface area contributed by atoms with Crippen LogP contribution in [0.1, 0.15) is 33.4 Å². The largest absolute Gasteiger partial charge is 0.489 e. The average Bonchev–Trinajstić information content (AvgIpc) is 3.30. The number of fused-ring (bicyclic) bond motifs is 1. The van der Waals surface area contributed by atoms with E-state index < -0.39 is 0 Å². The number of aromatic nitrogens is 2. The SMILES string of the molecule is CCOC(=O)Cc1cn2c(C=O)c(-c3ccc(OCc4ccccc4)c(C)c3)nc2s1. The lowest BCUT2D eigenvalue weighted by atomic mass is 10.1. The Morgan fingerprint density at radius 2 is 2.00 bits per heavy atom. The minimum absolute atomic E-state index is 0.169. The third kappa shape index (κ3) is 4.51. The number of nitrogens with zero attached hydrogens (tertiary/aromatic N) is 2. The number of aryl methyl sites for hydroxylation is 1. The molecule has 0 spiro atoms. The number of carbonyl (C=O) groups excluding carboxylic acids is 2. The van der Waals surface area contributed by atoms with Gasteiger partial charge in [-0.3, -0.25) is 14.0 Å². The van der Waals surface area contributed by atoms with E-state index in [4.69, 9.17) is 9.47 Å². The fourth-order valence-electron chi connectivity index (χ4n) is 3.36. The Morgan fingerprint density at radius 1 is 1.19 bits per heavy atom. The molecule has 0 radical (unpaired) electrons. The predicted octanol–water partition coefficient (Wildman–Crippen LogP) is 4.87. The molecule has 0 unspecified atom stereocenters. The maximum Gasteiger partial charge on any atom is 0.311 e. The summed E-state index contributed by atoms with van der Waals surface area (Å²) in [5.74, 6) is 0.500. The molecule has 6 nitrogen and oxygen atoms in total. The highest BCUT2D eigenvalue weighted by Gasteiger charge is 2.18. The van der Waals surface area contributed by atoms with Crippen molar-refractivity contribution in [3.63, 3.8) is 0 Å². The molecule has 2 aromatic carbocycles. The third-order valence-electron chi connectivity index (χ3n) is 4.83. The Hall–Kier alpha value is -3.45. The number of imidazole rings is 1. The standard InChI is InChI=1S/C24H22N2O4S/c1-3-29-22(28)12-19-13-26-20(14-27)23(25-24(26)31-19)18-9-10-21(16(2)11-18)30-15-17-7-5-4-6-8-17/h4-11,13-14H,3,12,15H2,1-2H3. The van der Waals surface area contributed by atoms with Crippen LogP contribution >= 0.6 is 11.3 Å². The van der Waals surface area contributed by atoms with Gasteiger partial charge in [0.25, 0.3) is 0 Å². The molecule has 0 aliphatic rings. The van der Waals surface area contributed by atoms with Gasteiger partial charge in [0.15, 0.2) is 11.2 Å². The van der Waals surface area contributed by atoms with Crippen molar-refractivity contribution in [1.82, 2.24) is 9.38 Å². The monoisotopic (exact) mass is 434 g/mol. The number of carbonyl (C=O) groups is 2. The molecule has 4 rings (SSSR count). The molecule has 2 aromatic heterocycles. The molecule has 0 atom stereocenters. The molecule has 0 saturated heterocycles. The quantitative estimate of drug-likeness (QED) is 0.292. The van der Waals surface area contributed by atoms with Crippen molar-refractivity contribution in [3.8, 4) is 17.0 Å². The van der Waals surface area contributed by atoms with Crippen molar-refractivity contribution < 1.29 is 19.1 Å². The van der Waals surface area contributed by atoms with E-state index in [1.165, 1.54) is 11.3 Å². The third-order valence-corrected chi connectivity index (χ3v) is 5.81. The van der Waals surface area contributed by atoms with Crippen molar-refractivity contribution in [2.45, 2.75) is 26.9 Å². The van der Waals surface area contributed by atoms with Crippen LogP contribution in [0.2, 0.25) is 0 Å². The fourth-order valence-corrected chi connectivity index (χ4v) is 4.33. The Bertz CT molecular complexity index is 1230. The summed E-state index contributed by atoms with van der Waals surface area (Å²) >= 11 is 1.38. The minimum Gasteiger partial charge on any atom is -0.489 e. The lowest BCUT2D eigenvalue weighted by Crippen LogP contribution is -2.06. The number of esters is 1. The second kappa shape index (κ2) is 9.14. The molecule has 0 aliphatic carbocycles. The average molecular weight is 435 g/mol. The molecule has 7 heteroatoms. The Morgan fingerprint density at radius 3 is 2.71 bits per heavy atom. The maximum absolute atomic E-state index is 11.8. The molecule has 0 fully saturated rings. The Balaban J connectivity index is 1.57. The molecular formula is C24H22N2O4S. The summed E-state index contributed by atoms with van der Waals surface area (Å²) in [7, 11) is 0. The fraction of sp³-hybridized carbons (Fsp3) is 0.208. The van der Waals surface area contributed by atoms with E-state index in [1.807, 2.05) is 55.5 Å². The van der Waals surface area contributed by atoms with Gasteiger partial charge in [0.05, 0.1) is 13.0 Å². The van der Waals surface area contributed by atoms with Crippen LogP contribution in [0.4, 0.5) is 0 Å². The van der Waals surface area contributed by atoms with E-state index in [2.05, 4.69) is 4.98 Å². The van der Waals surface area contributed by atoms with Crippen molar-refractivity contribution in [1.29, 1.82) is 0 Å². The van der Waals surface area contributed by atoms with Crippen LogP contribution in [0.25, 0.3) is 16.2 Å². The van der Waals surface area contributed by atoms with Gasteiger partial charge in [-0.15, -0.1) is 11.3 Å². The van der Waals surface area contributed by atoms with E-state index in [0.717, 1.165) is 33.6 Å². The Kier molecular flexibility index (Phi) is 6.13. The summed E-state index contributed by atoms with van der Waals surface area (Å²) in [6, 6.07) is 15.8. The molecule has 0 N–H and O–H groups in total. The molecular weight excluding hydrogens is 412 g/mol. The molecule has 2 heterocycles. The van der Waals surface area contributed by atoms with Crippen molar-refractivity contribution >= 4 is 28.6 Å². The summed E-state index contributed by atoms with van der Waals surface area (Å²) in [5.41, 5.74) is 3.97. The highest BCUT2D eigenvalue weighted by Crippen LogP contribution is 2.31. The maximum atomic E-state index is 11.8. The number of benzene rings is 2. The van der Waals surface area contributed by atoms with E-state index >= 15 is 0 Å². The summed E-state index contributed by atoms with van der Waals surface area (Å²) in [6.45, 7) is 4.58. The number of rotatable bonds is 8. The predicted molar refractivity (Wildman–Crippen MR) is 120 cm³/mol. The number of ether oxygens (including phenoxy) is 2. The second-order valence-electron chi connectivity index (χ2n) is 7.05. The van der Waals surface area contributed by atoms with Gasteiger partial charge in [-0.25, -0.2) is 4.98 Å². The zero-order valence-corrected chi connectivity index (χ0v) is 18.1. The van der Waals surface area contributed by atoms with E-state index in [0.29, 0.717) is 29.6 Å². The summed E-state index contributed by atoms with van der Waals surface area (Å²) in [4.78, 5) is 29.7. The zero-order valence-electron chi connectivity index (χ0n) is 17.3. The topological polar surface area (TPSA) is 69.9 Å². The van der Waals surface area contributed by atoms with Crippen LogP contribution in [0.3, 0.4) is 0 Å². The Labute approximate surface area is 184 Å². The van der Waals surface area contributed by atoms with Gasteiger partial charge < -0.3 is 9.47 Å². The first-order chi connectivity index (χ1) is 15.1. The molecule has 0 amide bonds. The van der Waals surface area contributed by atoms with E-state index in [1.54, 1.807) is 17.5 Å². The first-order valence-electron chi connectivity index (χ1n) is 9.98. The summed E-state index contributed by atoms with van der Waals surface area (Å²) < 4.78 is 12.7. The van der Waals surface area contributed by atoms with Gasteiger partial charge in [0.2, 0.25) is 0 Å². The van der Waals surface area contributed by atoms with Crippen LogP contribution < -0.4 is 4.74 Å². The van der Waals surface area contributed by atoms with Crippen LogP contribution in [0.5, 0.6) is 5.75 Å². The van der Waals surface area contributed by atoms with Crippen LogP contribution in [-0.2, 0) is 22.6 Å². The van der Waals surface area contributed by atoms with Crippen LogP contribution in [-0.4, -0.2) is 28.2 Å². The van der Waals surface area contributed by atoms with Crippen molar-refractivity contribution in [3.05, 3.63) is 76.4 Å². The van der Waals surface area contributed by atoms with Gasteiger partial charge >= 0.3 is 5.97 Å². The minimum atomic E-state index is -0.290. The van der Waals surface area contributed by atoms with Crippen molar-refractivity contribution in [2.24, 2.45) is 0 Å². The number of thiazole rings is 1. The van der Waals surface area contributed by atoms with Gasteiger partial charge in [-0.2, -0.15) is 0 Å². The summed E-state index contributed by atoms with van der Waals surface area (Å²) in [6.07, 6.45) is 2.74. The van der Waals surface area contributed by atoms with Gasteiger partial charge in [-0.1, -0.05) is 30.3 Å². The van der Waals surface area contributed by atoms with Gasteiger partial charge in [0.1, 0.15) is 23.7 Å². The first-order valence-corrected chi connectivity index (χ1v) is 10.8. The second-order valence-corrected chi connectivity index (χ2v) is 8.14. The number of hydrogen-bond acceptors (Lipinski definition) is 6. The first kappa shape index (κ1) is 20.8. The highest BCUT2D eigenvalue weighted by atomic mass is 32.1. The molecule has 158 valence electrons. The normalized spacial score (nSPS) is 10.9. The van der Waals surface area contributed by atoms with Crippen molar-refractivity contribution in [2.75, 3.05) is 6.61 Å². The van der Waals surface area contributed by atoms with E-state index in [9.17, 15) is 9.59 Å². The molecule has 31 heavy (non-hydrogen) atoms. The van der Waals surface area contributed by atoms with E-state index in [-0.39, 0.29) is 12.4 Å². The lowest BCUT2D eigenvalue weighted by Gasteiger charge is -2.10. The van der Waals surface area contributed by atoms with Gasteiger partial charge in [0, 0.05) is 16.6 Å². The molecule has 4 aromatic rings. The van der Waals surface area contributed by atoms with Crippen LogP contribution in [0, 0.1) is 6.92 Å². The summed E-state index contributed by atoms with van der Waals surface area (Å²) in [5, 5.41) is 0. The highest BCUT2D eigenvalue weighted by molar-refractivity contribution is 7.17.